The van der Waals surface area contributed by atoms with Gasteiger partial charge in [-0.25, -0.2) is 0 Å². The Morgan fingerprint density at radius 2 is 0.431 bits per heavy atom. The molecule has 22 aliphatic rings. The maximum absolute atomic E-state index is 11.8. The van der Waals surface area contributed by atoms with Crippen LogP contribution in [-0.2, 0) is 66.3 Å². The van der Waals surface area contributed by atoms with Crippen LogP contribution in [0.25, 0.3) is 0 Å². The molecule has 72 heavy (non-hydrogen) atoms. The van der Waals surface area contributed by atoms with Crippen LogP contribution in [0.4, 0.5) is 0 Å². The van der Waals surface area contributed by atoms with Gasteiger partial charge in [0.1, 0.15) is 146 Å². The molecule has 22 aliphatic heterocycles. The van der Waals surface area contributed by atoms with Crippen molar-refractivity contribution in [1.82, 2.24) is 0 Å². The number of aliphatic hydroxyl groups is 18. The highest BCUT2D eigenvalue weighted by atomic mass is 16.8. The lowest BCUT2D eigenvalue weighted by molar-refractivity contribution is -0.405. The average molecular weight is 1060 g/mol. The van der Waals surface area contributed by atoms with Gasteiger partial charge in [0.2, 0.25) is 0 Å². The van der Waals surface area contributed by atoms with Gasteiger partial charge in [0.15, 0.2) is 37.7 Å². The predicted molar refractivity (Wildman–Crippen MR) is 217 cm³/mol. The lowest BCUT2D eigenvalue weighted by Gasteiger charge is -2.51. The molecule has 22 fully saturated rings. The molecular weight excluding hydrogens is 992 g/mol. The first-order valence-corrected chi connectivity index (χ1v) is 23.3. The summed E-state index contributed by atoms with van der Waals surface area (Å²) in [6.45, 7) is -8.25. The predicted octanol–water partition coefficient (Wildman–Crippen LogP) is -13.0. The molecule has 12 bridgehead atoms. The molecule has 30 atom stereocenters. The van der Waals surface area contributed by atoms with E-state index >= 15 is 0 Å². The molecule has 0 amide bonds. The summed E-state index contributed by atoms with van der Waals surface area (Å²) in [7, 11) is 0. The van der Waals surface area contributed by atoms with Gasteiger partial charge >= 0.3 is 0 Å². The van der Waals surface area contributed by atoms with Crippen molar-refractivity contribution < 1.29 is 158 Å². The van der Waals surface area contributed by atoms with Crippen LogP contribution in [0.3, 0.4) is 0 Å². The van der Waals surface area contributed by atoms with Crippen molar-refractivity contribution in [2.75, 3.05) is 66.1 Å². The van der Waals surface area contributed by atoms with E-state index in [9.17, 15) is 91.9 Å². The number of hydrogen-bond acceptors (Lipinski definition) is 32. The average Bonchev–Trinajstić information content (AvgIpc) is 3.37. The summed E-state index contributed by atoms with van der Waals surface area (Å²) in [5.74, 6) is 0. The quantitative estimate of drug-likeness (QED) is 0.0863. The summed E-state index contributed by atoms with van der Waals surface area (Å²) in [6.07, 6.45) is -57.0. The Morgan fingerprint density at radius 1 is 0.236 bits per heavy atom. The lowest BCUT2D eigenvalue weighted by atomic mass is 9.94. The van der Waals surface area contributed by atoms with Crippen molar-refractivity contribution in [2.45, 2.75) is 184 Å². The summed E-state index contributed by atoms with van der Waals surface area (Å²) in [5.41, 5.74) is 0. The molecule has 0 aromatic rings. The molecule has 0 spiro atoms. The van der Waals surface area contributed by atoms with Crippen LogP contribution in [0.5, 0.6) is 0 Å². The van der Waals surface area contributed by atoms with Crippen molar-refractivity contribution in [1.29, 1.82) is 0 Å². The molecule has 0 aromatic carbocycles. The van der Waals surface area contributed by atoms with Gasteiger partial charge in [-0.05, 0) is 0 Å². The minimum atomic E-state index is -2.16. The zero-order chi connectivity index (χ0) is 52.3. The first kappa shape index (κ1) is 58.4. The zero-order valence-electron chi connectivity index (χ0n) is 38.2. The second-order valence-electron chi connectivity index (χ2n) is 18.0. The molecule has 22 rings (SSSR count). The van der Waals surface area contributed by atoms with E-state index in [2.05, 4.69) is 0 Å². The second kappa shape index (κ2) is 25.9. The molecule has 32 nitrogen and oxygen atoms in total. The van der Waals surface area contributed by atoms with Crippen LogP contribution in [-0.4, -0.2) is 342 Å². The summed E-state index contributed by atoms with van der Waals surface area (Å²) in [6, 6.07) is 0. The van der Waals surface area contributed by atoms with Crippen molar-refractivity contribution in [3.8, 4) is 0 Å². The molecule has 0 saturated carbocycles. The molecular formula is C40H68O32. The van der Waals surface area contributed by atoms with Gasteiger partial charge in [0.05, 0.1) is 66.1 Å². The molecule has 22 saturated heterocycles. The van der Waals surface area contributed by atoms with Gasteiger partial charge < -0.3 is 158 Å². The Kier molecular flexibility index (Phi) is 21.0. The summed E-state index contributed by atoms with van der Waals surface area (Å²) in [5, 5.41) is 196. The highest BCUT2D eigenvalue weighted by Crippen LogP contribution is 2.39. The fourth-order valence-electron chi connectivity index (χ4n) is 9.66. The zero-order valence-corrected chi connectivity index (χ0v) is 38.2. The molecule has 0 unspecified atom stereocenters. The third kappa shape index (κ3) is 11.9. The number of hydrogen-bond donors (Lipinski definition) is 18. The summed E-state index contributed by atoms with van der Waals surface area (Å²) >= 11 is 0. The molecule has 0 aromatic heterocycles. The Balaban J connectivity index is 1.23. The van der Waals surface area contributed by atoms with Crippen LogP contribution in [0.15, 0.2) is 0 Å². The normalized spacial score (nSPS) is 51.8. The molecule has 22 heterocycles. The number of rotatable bonds is 12. The Bertz CT molecular complexity index is 1610. The van der Waals surface area contributed by atoms with Crippen LogP contribution in [0, 0.1) is 0 Å². The molecule has 0 aliphatic carbocycles. The third-order valence-corrected chi connectivity index (χ3v) is 13.4. The number of aliphatic hydroxyl groups excluding tert-OH is 18. The van der Waals surface area contributed by atoms with Crippen molar-refractivity contribution in [2.24, 2.45) is 0 Å². The van der Waals surface area contributed by atoms with E-state index in [1.807, 2.05) is 0 Å². The van der Waals surface area contributed by atoms with E-state index in [4.69, 9.17) is 66.3 Å². The highest BCUT2D eigenvalue weighted by Gasteiger charge is 2.59. The van der Waals surface area contributed by atoms with E-state index in [0.717, 1.165) is 0 Å². The first-order chi connectivity index (χ1) is 34.5. The monoisotopic (exact) mass is 1060 g/mol. The Labute approximate surface area is 408 Å². The van der Waals surface area contributed by atoms with E-state index in [0.29, 0.717) is 0 Å². The molecule has 18 N–H and O–H groups in total. The Morgan fingerprint density at radius 3 is 0.639 bits per heavy atom. The maximum Gasteiger partial charge on any atom is 0.187 e. The summed E-state index contributed by atoms with van der Waals surface area (Å²) in [4.78, 5) is 0. The molecule has 32 heteroatoms. The second-order valence-corrected chi connectivity index (χ2v) is 18.0. The van der Waals surface area contributed by atoms with Crippen molar-refractivity contribution in [3.63, 3.8) is 0 Å². The van der Waals surface area contributed by atoms with Gasteiger partial charge in [-0.1, -0.05) is 0 Å². The highest BCUT2D eigenvalue weighted by molar-refractivity contribution is 5.01. The largest absolute Gasteiger partial charge is 0.394 e. The van der Waals surface area contributed by atoms with Crippen LogP contribution in [0.2, 0.25) is 0 Å². The maximum atomic E-state index is 11.8. The van der Waals surface area contributed by atoms with E-state index < -0.39 is 250 Å². The van der Waals surface area contributed by atoms with Gasteiger partial charge in [0.25, 0.3) is 0 Å². The van der Waals surface area contributed by atoms with E-state index in [1.165, 1.54) is 0 Å². The first-order valence-electron chi connectivity index (χ1n) is 23.3. The van der Waals surface area contributed by atoms with E-state index in [1.54, 1.807) is 0 Å². The van der Waals surface area contributed by atoms with Gasteiger partial charge in [-0.3, -0.25) is 0 Å². The van der Waals surface area contributed by atoms with Gasteiger partial charge in [-0.15, -0.1) is 0 Å². The fourth-order valence-corrected chi connectivity index (χ4v) is 9.66. The van der Waals surface area contributed by atoms with Crippen LogP contribution in [0.1, 0.15) is 0 Å². The topological polar surface area (TPSA) is 493 Å². The lowest BCUT2D eigenvalue weighted by Crippen LogP contribution is -2.69. The van der Waals surface area contributed by atoms with Crippen molar-refractivity contribution >= 4 is 0 Å². The smallest absolute Gasteiger partial charge is 0.187 e. The minimum Gasteiger partial charge on any atom is -0.394 e. The summed E-state index contributed by atoms with van der Waals surface area (Å²) < 4.78 is 81.2. The fraction of sp³-hybridized carbons (Fsp3) is 1.00. The SMILES string of the molecule is OCCO[C@@H]1[C@@H](O)[C@H]2O[C@@H]3[C@H](OCCO)[C@@H](O)[C@@H](O[C@H]4[C@H](O)[C@@H](O)[C@@H](O[C@H]5[C@H](O)[C@@H](O)[C@@H](O[C@H]6[C@H](O)[C@@H](O)[C@@H](O[C@H]7[C@H](O)[C@@H](O)[C@@H](O[C@H]1[C@@H](CO)O2)O[C@@H]7CO)O[C@@H]6CO)O[C@@H]5CO)O[C@@H]4CO)O[C@@H]3CO. The number of ether oxygens (including phenoxy) is 14. The van der Waals surface area contributed by atoms with Crippen molar-refractivity contribution in [3.05, 3.63) is 0 Å². The van der Waals surface area contributed by atoms with Gasteiger partial charge in [-0.2, -0.15) is 0 Å². The van der Waals surface area contributed by atoms with Crippen LogP contribution < -0.4 is 0 Å². The van der Waals surface area contributed by atoms with E-state index in [-0.39, 0.29) is 0 Å². The molecule has 420 valence electrons. The minimum absolute atomic E-state index is 0.506. The van der Waals surface area contributed by atoms with Crippen LogP contribution >= 0.6 is 0 Å². The Hall–Kier alpha value is -1.28. The third-order valence-electron chi connectivity index (χ3n) is 13.4. The molecule has 0 radical (unpaired) electrons. The van der Waals surface area contributed by atoms with Gasteiger partial charge in [0, 0.05) is 0 Å². The standard InChI is InChI=1S/C40H68O32/c41-1-3-59-33-25(57)39-65-16(10-48)32(33)72-40-26(58)34(60-4-2-42)31(15(9-47)66-40)71-38-24(56)20(52)29(13(7-45)64-38)69-36-22(54)18(50)27(11(5-43)62-36)67-35-21(53)17(49)28(12(6-44)61-35)68-37-23(55)19(51)30(70-39)14(8-46)63-37/h11-58H,1-10H2/t11-,12-,13-,14-,15-,16-,17-,18-,19-,20-,21-,22-,23-,24-,25-,26-,27-,28-,29-,30-,31+,32+,33-,34-,35-,36-,37-,38-,39-,40-/m1/s1.